The maximum absolute atomic E-state index is 5.27. The maximum atomic E-state index is 5.27. The van der Waals surface area contributed by atoms with Gasteiger partial charge in [-0.3, -0.25) is 4.57 Å². The number of nitrogens with zero attached hydrogens (tertiary/aromatic N) is 3. The first-order valence-electron chi connectivity index (χ1n) is 14.3. The van der Waals surface area contributed by atoms with Crippen LogP contribution in [-0.4, -0.2) is 14.5 Å². The molecule has 2 aromatic heterocycles. The van der Waals surface area contributed by atoms with Crippen molar-refractivity contribution >= 4 is 32.7 Å². The van der Waals surface area contributed by atoms with Crippen LogP contribution in [0, 0.1) is 0 Å². The van der Waals surface area contributed by atoms with E-state index >= 15 is 0 Å². The molecule has 0 unspecified atom stereocenters. The number of aromatic nitrogens is 3. The molecular weight excluding hydrogens is 486 g/mol. The van der Waals surface area contributed by atoms with Gasteiger partial charge in [0.25, 0.3) is 0 Å². The first-order chi connectivity index (χ1) is 19.8. The third-order valence-electron chi connectivity index (χ3n) is 9.36. The van der Waals surface area contributed by atoms with Gasteiger partial charge in [0.2, 0.25) is 5.95 Å². The highest BCUT2D eigenvalue weighted by Crippen LogP contribution is 2.58. The van der Waals surface area contributed by atoms with Gasteiger partial charge >= 0.3 is 0 Å². The summed E-state index contributed by atoms with van der Waals surface area (Å²) in [6, 6.07) is 41.6. The molecule has 5 aromatic carbocycles. The molecule has 1 spiro atoms. The third-order valence-corrected chi connectivity index (χ3v) is 9.36. The molecule has 0 amide bonds. The van der Waals surface area contributed by atoms with Crippen LogP contribution < -0.4 is 0 Å². The van der Waals surface area contributed by atoms with Gasteiger partial charge in [0.15, 0.2) is 0 Å². The zero-order valence-corrected chi connectivity index (χ0v) is 22.1. The number of rotatable bonds is 2. The smallest absolute Gasteiger partial charge is 0.235 e. The summed E-state index contributed by atoms with van der Waals surface area (Å²) >= 11 is 0. The monoisotopic (exact) mass is 513 g/mol. The summed E-state index contributed by atoms with van der Waals surface area (Å²) in [6.45, 7) is 0. The van der Waals surface area contributed by atoms with Crippen molar-refractivity contribution < 1.29 is 0 Å². The summed E-state index contributed by atoms with van der Waals surface area (Å²) < 4.78 is 2.28. The van der Waals surface area contributed by atoms with Crippen LogP contribution in [0.25, 0.3) is 61.0 Å². The molecule has 2 heterocycles. The summed E-state index contributed by atoms with van der Waals surface area (Å²) in [5, 5.41) is 3.60. The second kappa shape index (κ2) is 8.12. The van der Waals surface area contributed by atoms with Gasteiger partial charge in [-0.1, -0.05) is 104 Å². The standard InChI is InChI=1S/C37H27N3/c1-2-12-24(13-3-1)35-27-16-5-8-18-32(27)38-36(39-35)40-33-19-9-6-15-26(33)29-22-31-28(23-34(29)40)25-14-4-7-17-30(25)37(31)20-10-11-21-37/h1-9,12-19,22-23H,10-11,20-21H2. The SMILES string of the molecule is c1ccc(-c2nc(-n3c4ccccc4c4cc5c(cc43)-c3ccccc3C53CCCC3)nc3ccccc23)cc1. The fourth-order valence-corrected chi connectivity index (χ4v) is 7.63. The van der Waals surface area contributed by atoms with Gasteiger partial charge in [0.05, 0.1) is 22.2 Å². The Morgan fingerprint density at radius 3 is 2.15 bits per heavy atom. The zero-order valence-electron chi connectivity index (χ0n) is 22.1. The van der Waals surface area contributed by atoms with E-state index in [4.69, 9.17) is 9.97 Å². The van der Waals surface area contributed by atoms with Crippen molar-refractivity contribution in [1.29, 1.82) is 0 Å². The third kappa shape index (κ3) is 2.90. The van der Waals surface area contributed by atoms with E-state index in [1.807, 2.05) is 0 Å². The molecule has 3 nitrogen and oxygen atoms in total. The van der Waals surface area contributed by atoms with E-state index in [0.717, 1.165) is 27.7 Å². The maximum Gasteiger partial charge on any atom is 0.235 e. The zero-order chi connectivity index (χ0) is 26.3. The summed E-state index contributed by atoms with van der Waals surface area (Å²) in [5.41, 5.74) is 11.2. The lowest BCUT2D eigenvalue weighted by molar-refractivity contribution is 0.550. The van der Waals surface area contributed by atoms with Gasteiger partial charge in [0, 0.05) is 27.1 Å². The Morgan fingerprint density at radius 1 is 0.550 bits per heavy atom. The lowest BCUT2D eigenvalue weighted by Crippen LogP contribution is -2.20. The molecule has 0 radical (unpaired) electrons. The Morgan fingerprint density at radius 2 is 1.27 bits per heavy atom. The first-order valence-corrected chi connectivity index (χ1v) is 14.3. The lowest BCUT2D eigenvalue weighted by Gasteiger charge is -2.26. The van der Waals surface area contributed by atoms with Crippen molar-refractivity contribution in [3.8, 4) is 28.3 Å². The molecular formula is C37H27N3. The van der Waals surface area contributed by atoms with Crippen LogP contribution in [0.15, 0.2) is 115 Å². The van der Waals surface area contributed by atoms with Gasteiger partial charge in [-0.2, -0.15) is 0 Å². The van der Waals surface area contributed by atoms with Crippen LogP contribution in [0.4, 0.5) is 0 Å². The van der Waals surface area contributed by atoms with Crippen molar-refractivity contribution in [2.45, 2.75) is 31.1 Å². The topological polar surface area (TPSA) is 30.7 Å². The molecule has 1 fully saturated rings. The average molecular weight is 514 g/mol. The van der Waals surface area contributed by atoms with Gasteiger partial charge in [-0.15, -0.1) is 0 Å². The molecule has 9 rings (SSSR count). The predicted octanol–water partition coefficient (Wildman–Crippen LogP) is 9.23. The molecule has 3 heteroatoms. The van der Waals surface area contributed by atoms with Crippen LogP contribution in [0.2, 0.25) is 0 Å². The molecule has 40 heavy (non-hydrogen) atoms. The molecule has 0 bridgehead atoms. The second-order valence-electron chi connectivity index (χ2n) is 11.4. The predicted molar refractivity (Wildman–Crippen MR) is 164 cm³/mol. The van der Waals surface area contributed by atoms with Gasteiger partial charge < -0.3 is 0 Å². The van der Waals surface area contributed by atoms with Crippen LogP contribution in [0.3, 0.4) is 0 Å². The first kappa shape index (κ1) is 22.1. The quantitative estimate of drug-likeness (QED) is 0.231. The minimum absolute atomic E-state index is 0.142. The molecule has 1 saturated carbocycles. The Bertz CT molecular complexity index is 2110. The van der Waals surface area contributed by atoms with Crippen LogP contribution in [-0.2, 0) is 5.41 Å². The second-order valence-corrected chi connectivity index (χ2v) is 11.4. The highest BCUT2D eigenvalue weighted by Gasteiger charge is 2.45. The number of fused-ring (bicyclic) bond motifs is 9. The Labute approximate surface area is 232 Å². The Kier molecular flexibility index (Phi) is 4.49. The Hall–Kier alpha value is -4.76. The summed E-state index contributed by atoms with van der Waals surface area (Å²) in [4.78, 5) is 10.4. The van der Waals surface area contributed by atoms with Crippen molar-refractivity contribution in [1.82, 2.24) is 14.5 Å². The van der Waals surface area contributed by atoms with Crippen molar-refractivity contribution in [3.63, 3.8) is 0 Å². The van der Waals surface area contributed by atoms with Crippen LogP contribution >= 0.6 is 0 Å². The van der Waals surface area contributed by atoms with E-state index in [2.05, 4.69) is 120 Å². The molecule has 2 aliphatic carbocycles. The van der Waals surface area contributed by atoms with E-state index in [9.17, 15) is 0 Å². The van der Waals surface area contributed by atoms with Crippen molar-refractivity contribution in [3.05, 3.63) is 126 Å². The molecule has 2 aliphatic rings. The molecule has 0 saturated heterocycles. The summed E-state index contributed by atoms with van der Waals surface area (Å²) in [6.07, 6.45) is 5.05. The normalized spacial score (nSPS) is 15.3. The van der Waals surface area contributed by atoms with Crippen LogP contribution in [0.5, 0.6) is 0 Å². The van der Waals surface area contributed by atoms with Crippen molar-refractivity contribution in [2.75, 3.05) is 0 Å². The minimum atomic E-state index is 0.142. The largest absolute Gasteiger partial charge is 0.278 e. The molecule has 190 valence electrons. The summed E-state index contributed by atoms with van der Waals surface area (Å²) in [7, 11) is 0. The minimum Gasteiger partial charge on any atom is -0.278 e. The average Bonchev–Trinajstić information content (AvgIpc) is 3.71. The summed E-state index contributed by atoms with van der Waals surface area (Å²) in [5.74, 6) is 0.713. The highest BCUT2D eigenvalue weighted by molar-refractivity contribution is 6.11. The van der Waals surface area contributed by atoms with Gasteiger partial charge in [-0.25, -0.2) is 9.97 Å². The number of para-hydroxylation sites is 2. The molecule has 7 aromatic rings. The molecule has 0 atom stereocenters. The van der Waals surface area contributed by atoms with Crippen molar-refractivity contribution in [2.24, 2.45) is 0 Å². The van der Waals surface area contributed by atoms with Gasteiger partial charge in [-0.05, 0) is 59.4 Å². The van der Waals surface area contributed by atoms with E-state index in [1.54, 1.807) is 0 Å². The lowest BCUT2D eigenvalue weighted by atomic mass is 9.76. The van der Waals surface area contributed by atoms with E-state index in [1.165, 1.54) is 64.2 Å². The van der Waals surface area contributed by atoms with E-state index < -0.39 is 0 Å². The fraction of sp³-hybridized carbons (Fsp3) is 0.135. The number of benzene rings is 5. The molecule has 0 N–H and O–H groups in total. The highest BCUT2D eigenvalue weighted by atomic mass is 15.2. The van der Waals surface area contributed by atoms with Crippen LogP contribution in [0.1, 0.15) is 36.8 Å². The molecule has 0 aliphatic heterocycles. The van der Waals surface area contributed by atoms with E-state index in [0.29, 0.717) is 5.95 Å². The number of hydrogen-bond acceptors (Lipinski definition) is 2. The Balaban J connectivity index is 1.39. The number of hydrogen-bond donors (Lipinski definition) is 0. The fourth-order valence-electron chi connectivity index (χ4n) is 7.63. The van der Waals surface area contributed by atoms with Gasteiger partial charge in [0.1, 0.15) is 0 Å². The van der Waals surface area contributed by atoms with E-state index in [-0.39, 0.29) is 5.41 Å².